The second kappa shape index (κ2) is 7.09. The fourth-order valence-corrected chi connectivity index (χ4v) is 2.43. The molecule has 0 saturated heterocycles. The Morgan fingerprint density at radius 3 is 3.04 bits per heavy atom. The zero-order valence-corrected chi connectivity index (χ0v) is 12.5. The second-order valence-corrected chi connectivity index (χ2v) is 5.38. The van der Waals surface area contributed by atoms with Crippen molar-refractivity contribution in [3.05, 3.63) is 59.8 Å². The lowest BCUT2D eigenvalue weighted by molar-refractivity contribution is -0.131. The van der Waals surface area contributed by atoms with Gasteiger partial charge in [-0.2, -0.15) is 0 Å². The molecule has 0 bridgehead atoms. The highest BCUT2D eigenvalue weighted by molar-refractivity contribution is 5.93. The first-order chi connectivity index (χ1) is 11.2. The maximum atomic E-state index is 13.2. The van der Waals surface area contributed by atoms with Crippen molar-refractivity contribution in [3.63, 3.8) is 0 Å². The van der Waals surface area contributed by atoms with E-state index >= 15 is 0 Å². The summed E-state index contributed by atoms with van der Waals surface area (Å²) < 4.78 is 18.4. The van der Waals surface area contributed by atoms with Gasteiger partial charge in [0.15, 0.2) is 0 Å². The van der Waals surface area contributed by atoms with Gasteiger partial charge >= 0.3 is 0 Å². The molecule has 1 aromatic carbocycles. The molecule has 1 N–H and O–H groups in total. The van der Waals surface area contributed by atoms with E-state index in [4.69, 9.17) is 9.25 Å². The molecule has 1 aromatic heterocycles. The number of carbonyl (C=O) groups excluding carboxylic acids is 1. The number of nitrogens with one attached hydrogen (secondary N) is 1. The van der Waals surface area contributed by atoms with Crippen LogP contribution in [0.2, 0.25) is 0 Å². The molecule has 120 valence electrons. The number of nitrogens with zero attached hydrogens (tertiary/aromatic N) is 1. The summed E-state index contributed by atoms with van der Waals surface area (Å²) in [5.74, 6) is 0.337. The van der Waals surface area contributed by atoms with Crippen molar-refractivity contribution in [1.29, 1.82) is 0 Å². The van der Waals surface area contributed by atoms with Crippen LogP contribution >= 0.6 is 0 Å². The van der Waals surface area contributed by atoms with Crippen LogP contribution in [0.4, 0.5) is 4.39 Å². The van der Waals surface area contributed by atoms with Crippen molar-refractivity contribution >= 4 is 11.6 Å². The molecule has 0 spiro atoms. The highest BCUT2D eigenvalue weighted by atomic mass is 19.1. The minimum absolute atomic E-state index is 0.199. The fourth-order valence-electron chi connectivity index (χ4n) is 2.43. The van der Waals surface area contributed by atoms with E-state index in [1.165, 1.54) is 12.1 Å². The lowest BCUT2D eigenvalue weighted by Gasteiger charge is -2.08. The van der Waals surface area contributed by atoms with Gasteiger partial charge in [-0.1, -0.05) is 17.3 Å². The van der Waals surface area contributed by atoms with Gasteiger partial charge in [0, 0.05) is 25.8 Å². The lowest BCUT2D eigenvalue weighted by Crippen LogP contribution is -2.36. The fraction of sp³-hybridized carbons (Fsp3) is 0.294. The van der Waals surface area contributed by atoms with Crippen LogP contribution in [0, 0.1) is 5.82 Å². The highest BCUT2D eigenvalue weighted by Crippen LogP contribution is 2.15. The number of hydrogen-bond acceptors (Lipinski definition) is 4. The quantitative estimate of drug-likeness (QED) is 0.890. The molecule has 3 rings (SSSR count). The molecule has 0 aliphatic carbocycles. The third-order valence-electron chi connectivity index (χ3n) is 3.57. The van der Waals surface area contributed by atoms with E-state index in [2.05, 4.69) is 10.5 Å². The molecule has 1 amide bonds. The van der Waals surface area contributed by atoms with Gasteiger partial charge < -0.3 is 14.6 Å². The van der Waals surface area contributed by atoms with Crippen molar-refractivity contribution in [3.8, 4) is 0 Å². The number of halogens is 1. The van der Waals surface area contributed by atoms with Gasteiger partial charge in [-0.3, -0.25) is 4.79 Å². The third kappa shape index (κ3) is 4.18. The van der Waals surface area contributed by atoms with E-state index in [1.807, 2.05) is 18.2 Å². The number of furan rings is 1. The molecule has 2 aromatic rings. The maximum Gasteiger partial charge on any atom is 0.264 e. The Morgan fingerprint density at radius 2 is 2.26 bits per heavy atom. The molecule has 5 nitrogen and oxygen atoms in total. The number of amides is 1. The van der Waals surface area contributed by atoms with Crippen molar-refractivity contribution in [2.45, 2.75) is 25.4 Å². The van der Waals surface area contributed by atoms with Crippen LogP contribution in [-0.2, 0) is 22.5 Å². The minimum atomic E-state index is -0.616. The van der Waals surface area contributed by atoms with Gasteiger partial charge in [0.2, 0.25) is 6.10 Å². The van der Waals surface area contributed by atoms with Crippen LogP contribution in [0.25, 0.3) is 0 Å². The smallest absolute Gasteiger partial charge is 0.264 e. The van der Waals surface area contributed by atoms with Crippen LogP contribution in [0.15, 0.2) is 52.2 Å². The van der Waals surface area contributed by atoms with Gasteiger partial charge in [0.05, 0.1) is 12.0 Å². The van der Waals surface area contributed by atoms with E-state index in [1.54, 1.807) is 12.3 Å². The first kappa shape index (κ1) is 15.3. The Balaban J connectivity index is 1.43. The molecule has 0 saturated carbocycles. The Bertz CT molecular complexity index is 698. The molecule has 1 atom stereocenters. The van der Waals surface area contributed by atoms with Gasteiger partial charge in [-0.15, -0.1) is 0 Å². The molecule has 0 unspecified atom stereocenters. The van der Waals surface area contributed by atoms with Gasteiger partial charge in [-0.05, 0) is 29.8 Å². The van der Waals surface area contributed by atoms with Crippen LogP contribution in [0.1, 0.15) is 17.7 Å². The Morgan fingerprint density at radius 1 is 1.35 bits per heavy atom. The molecular weight excluding hydrogens is 299 g/mol. The first-order valence-electron chi connectivity index (χ1n) is 7.47. The number of benzene rings is 1. The summed E-state index contributed by atoms with van der Waals surface area (Å²) >= 11 is 0. The predicted octanol–water partition coefficient (Wildman–Crippen LogP) is 2.46. The second-order valence-electron chi connectivity index (χ2n) is 5.38. The van der Waals surface area contributed by atoms with Crippen LogP contribution < -0.4 is 5.32 Å². The monoisotopic (exact) mass is 316 g/mol. The summed E-state index contributed by atoms with van der Waals surface area (Å²) in [5.41, 5.74) is 1.55. The van der Waals surface area contributed by atoms with Crippen LogP contribution in [-0.4, -0.2) is 24.3 Å². The minimum Gasteiger partial charge on any atom is -0.469 e. The Hall–Kier alpha value is -2.63. The normalized spacial score (nSPS) is 16.7. The molecular formula is C17H17FN2O3. The van der Waals surface area contributed by atoms with Crippen molar-refractivity contribution in [2.75, 3.05) is 6.54 Å². The molecule has 1 aliphatic heterocycles. The largest absolute Gasteiger partial charge is 0.469 e. The van der Waals surface area contributed by atoms with Gasteiger partial charge in [-0.25, -0.2) is 4.39 Å². The topological polar surface area (TPSA) is 63.8 Å². The van der Waals surface area contributed by atoms with E-state index in [0.717, 1.165) is 17.0 Å². The van der Waals surface area contributed by atoms with Crippen LogP contribution in [0.5, 0.6) is 0 Å². The van der Waals surface area contributed by atoms with Gasteiger partial charge in [0.25, 0.3) is 5.91 Å². The molecule has 2 heterocycles. The third-order valence-corrected chi connectivity index (χ3v) is 3.57. The average molecular weight is 316 g/mol. The number of rotatable bonds is 6. The Labute approximate surface area is 133 Å². The first-order valence-corrected chi connectivity index (χ1v) is 7.47. The molecule has 23 heavy (non-hydrogen) atoms. The summed E-state index contributed by atoms with van der Waals surface area (Å²) in [6, 6.07) is 10.00. The summed E-state index contributed by atoms with van der Waals surface area (Å²) in [6.07, 6.45) is 2.51. The number of hydrogen-bond donors (Lipinski definition) is 1. The average Bonchev–Trinajstić information content (AvgIpc) is 3.19. The SMILES string of the molecule is O=C(NCCc1ccco1)[C@H]1CC(Cc2cccc(F)c2)=NO1. The van der Waals surface area contributed by atoms with Gasteiger partial charge in [0.1, 0.15) is 11.6 Å². The van der Waals surface area contributed by atoms with E-state index in [0.29, 0.717) is 25.8 Å². The summed E-state index contributed by atoms with van der Waals surface area (Å²) in [7, 11) is 0. The van der Waals surface area contributed by atoms with E-state index in [9.17, 15) is 9.18 Å². The molecule has 6 heteroatoms. The molecule has 0 fully saturated rings. The molecule has 1 aliphatic rings. The predicted molar refractivity (Wildman–Crippen MR) is 82.5 cm³/mol. The molecule has 0 radical (unpaired) electrons. The van der Waals surface area contributed by atoms with Crippen molar-refractivity contribution in [2.24, 2.45) is 5.16 Å². The zero-order valence-electron chi connectivity index (χ0n) is 12.5. The maximum absolute atomic E-state index is 13.2. The lowest BCUT2D eigenvalue weighted by atomic mass is 10.0. The summed E-state index contributed by atoms with van der Waals surface area (Å²) in [5, 5.41) is 6.74. The standard InChI is InChI=1S/C17H17FN2O3/c18-13-4-1-3-12(9-13)10-14-11-16(23-20-14)17(21)19-7-6-15-5-2-8-22-15/h1-5,8-9,16H,6-7,10-11H2,(H,19,21)/t16-/m1/s1. The van der Waals surface area contributed by atoms with Crippen LogP contribution in [0.3, 0.4) is 0 Å². The highest BCUT2D eigenvalue weighted by Gasteiger charge is 2.27. The van der Waals surface area contributed by atoms with Crippen molar-refractivity contribution in [1.82, 2.24) is 5.32 Å². The van der Waals surface area contributed by atoms with E-state index < -0.39 is 6.10 Å². The summed E-state index contributed by atoms with van der Waals surface area (Å²) in [6.45, 7) is 0.478. The zero-order chi connectivity index (χ0) is 16.1. The Kier molecular flexibility index (Phi) is 4.71. The van der Waals surface area contributed by atoms with E-state index in [-0.39, 0.29) is 11.7 Å². The van der Waals surface area contributed by atoms with Crippen molar-refractivity contribution < 1.29 is 18.4 Å². The summed E-state index contributed by atoms with van der Waals surface area (Å²) in [4.78, 5) is 17.2. The number of carbonyl (C=O) groups is 1. The number of oxime groups is 1.